The number of carbonyl (C=O) groups is 1. The number of thiophene rings is 1. The summed E-state index contributed by atoms with van der Waals surface area (Å²) < 4.78 is 24.9. The van der Waals surface area contributed by atoms with Crippen LogP contribution in [0, 0.1) is 5.92 Å². The van der Waals surface area contributed by atoms with E-state index in [1.807, 2.05) is 0 Å². The number of hydrogen-bond donors (Lipinski definition) is 1. The second-order valence-electron chi connectivity index (χ2n) is 7.50. The van der Waals surface area contributed by atoms with E-state index in [2.05, 4.69) is 22.8 Å². The average Bonchev–Trinajstić information content (AvgIpc) is 3.16. The molecule has 1 aliphatic carbocycles. The van der Waals surface area contributed by atoms with Crippen LogP contribution in [0.25, 0.3) is 0 Å². The molecule has 1 N–H and O–H groups in total. The zero-order valence-corrected chi connectivity index (χ0v) is 15.5. The number of hydrogen-bond acceptors (Lipinski definition) is 3. The molecule has 140 valence electrons. The van der Waals surface area contributed by atoms with Crippen LogP contribution in [0.5, 0.6) is 0 Å². The SMILES string of the molecule is O=C(NCC1(c2cccs2)CCCCC1)C1CCN(CC(F)F)CC1. The second-order valence-corrected chi connectivity index (χ2v) is 8.45. The van der Waals surface area contributed by atoms with Crippen LogP contribution in [0.15, 0.2) is 17.5 Å². The number of carbonyl (C=O) groups excluding carboxylic acids is 1. The summed E-state index contributed by atoms with van der Waals surface area (Å²) in [6.45, 7) is 1.73. The van der Waals surface area contributed by atoms with Gasteiger partial charge in [0.2, 0.25) is 5.91 Å². The van der Waals surface area contributed by atoms with E-state index in [4.69, 9.17) is 0 Å². The smallest absolute Gasteiger partial charge is 0.251 e. The summed E-state index contributed by atoms with van der Waals surface area (Å²) in [4.78, 5) is 15.8. The Bertz CT molecular complexity index is 536. The van der Waals surface area contributed by atoms with Crippen molar-refractivity contribution in [1.82, 2.24) is 10.2 Å². The highest BCUT2D eigenvalue weighted by Gasteiger charge is 2.36. The van der Waals surface area contributed by atoms with Gasteiger partial charge in [0.15, 0.2) is 0 Å². The number of nitrogens with zero attached hydrogens (tertiary/aromatic N) is 1. The van der Waals surface area contributed by atoms with Gasteiger partial charge in [-0.1, -0.05) is 25.3 Å². The van der Waals surface area contributed by atoms with E-state index in [-0.39, 0.29) is 23.8 Å². The zero-order valence-electron chi connectivity index (χ0n) is 14.7. The molecule has 1 saturated carbocycles. The number of nitrogens with one attached hydrogen (secondary N) is 1. The highest BCUT2D eigenvalue weighted by atomic mass is 32.1. The third-order valence-corrected chi connectivity index (χ3v) is 6.93. The summed E-state index contributed by atoms with van der Waals surface area (Å²) >= 11 is 1.79. The summed E-state index contributed by atoms with van der Waals surface area (Å²) in [6, 6.07) is 4.29. The quantitative estimate of drug-likeness (QED) is 0.820. The highest BCUT2D eigenvalue weighted by molar-refractivity contribution is 7.10. The van der Waals surface area contributed by atoms with E-state index >= 15 is 0 Å². The van der Waals surface area contributed by atoms with Gasteiger partial charge in [0, 0.05) is 22.8 Å². The van der Waals surface area contributed by atoms with Gasteiger partial charge < -0.3 is 5.32 Å². The van der Waals surface area contributed by atoms with E-state index in [9.17, 15) is 13.6 Å². The molecule has 1 saturated heterocycles. The van der Waals surface area contributed by atoms with Crippen LogP contribution in [0.1, 0.15) is 49.8 Å². The Balaban J connectivity index is 1.52. The molecule has 1 aliphatic heterocycles. The molecule has 0 spiro atoms. The normalized spacial score (nSPS) is 22.2. The first-order valence-corrected chi connectivity index (χ1v) is 10.3. The summed E-state index contributed by atoms with van der Waals surface area (Å²) in [7, 11) is 0. The van der Waals surface area contributed by atoms with Crippen LogP contribution in [0.3, 0.4) is 0 Å². The second kappa shape index (κ2) is 8.58. The lowest BCUT2D eigenvalue weighted by atomic mass is 9.73. The van der Waals surface area contributed by atoms with E-state index in [0.29, 0.717) is 32.5 Å². The lowest BCUT2D eigenvalue weighted by molar-refractivity contribution is -0.126. The summed E-state index contributed by atoms with van der Waals surface area (Å²) in [5.74, 6) is 0.0797. The van der Waals surface area contributed by atoms with Crippen molar-refractivity contribution in [1.29, 1.82) is 0 Å². The Morgan fingerprint density at radius 3 is 2.60 bits per heavy atom. The van der Waals surface area contributed by atoms with Gasteiger partial charge in [-0.2, -0.15) is 0 Å². The Labute approximate surface area is 152 Å². The van der Waals surface area contributed by atoms with Gasteiger partial charge in [-0.05, 0) is 50.2 Å². The van der Waals surface area contributed by atoms with Gasteiger partial charge in [0.25, 0.3) is 6.43 Å². The molecule has 1 amide bonds. The number of rotatable bonds is 6. The molecule has 0 bridgehead atoms. The molecular weight excluding hydrogens is 342 g/mol. The molecule has 0 unspecified atom stereocenters. The maximum atomic E-state index is 12.6. The van der Waals surface area contributed by atoms with Crippen LogP contribution in [-0.2, 0) is 10.2 Å². The molecule has 2 aliphatic rings. The van der Waals surface area contributed by atoms with Crippen molar-refractivity contribution < 1.29 is 13.6 Å². The average molecular weight is 371 g/mol. The zero-order chi connectivity index (χ0) is 17.7. The fourth-order valence-corrected chi connectivity index (χ4v) is 5.28. The molecule has 6 heteroatoms. The lowest BCUT2D eigenvalue weighted by Crippen LogP contribution is -2.46. The minimum Gasteiger partial charge on any atom is -0.355 e. The van der Waals surface area contributed by atoms with Crippen molar-refractivity contribution in [2.75, 3.05) is 26.2 Å². The monoisotopic (exact) mass is 370 g/mol. The van der Waals surface area contributed by atoms with E-state index in [1.165, 1.54) is 24.1 Å². The van der Waals surface area contributed by atoms with Crippen molar-refractivity contribution in [3.63, 3.8) is 0 Å². The molecule has 0 aromatic carbocycles. The largest absolute Gasteiger partial charge is 0.355 e. The molecule has 3 nitrogen and oxygen atoms in total. The minimum atomic E-state index is -2.29. The topological polar surface area (TPSA) is 32.3 Å². The van der Waals surface area contributed by atoms with Crippen LogP contribution < -0.4 is 5.32 Å². The van der Waals surface area contributed by atoms with Gasteiger partial charge in [-0.25, -0.2) is 8.78 Å². The molecular formula is C19H28F2N2OS. The molecule has 2 heterocycles. The van der Waals surface area contributed by atoms with E-state index in [1.54, 1.807) is 16.2 Å². The number of piperidine rings is 1. The van der Waals surface area contributed by atoms with Crippen LogP contribution in [0.2, 0.25) is 0 Å². The van der Waals surface area contributed by atoms with Crippen LogP contribution in [-0.4, -0.2) is 43.4 Å². The van der Waals surface area contributed by atoms with Gasteiger partial charge in [-0.15, -0.1) is 11.3 Å². The van der Waals surface area contributed by atoms with Crippen molar-refractivity contribution in [2.45, 2.75) is 56.8 Å². The van der Waals surface area contributed by atoms with E-state index < -0.39 is 6.43 Å². The van der Waals surface area contributed by atoms with Crippen LogP contribution >= 0.6 is 11.3 Å². The molecule has 3 rings (SSSR count). The van der Waals surface area contributed by atoms with E-state index in [0.717, 1.165) is 12.8 Å². The number of amides is 1. The molecule has 1 aromatic heterocycles. The maximum absolute atomic E-state index is 12.6. The van der Waals surface area contributed by atoms with Crippen molar-refractivity contribution in [3.8, 4) is 0 Å². The standard InChI is InChI=1S/C19H28F2N2OS/c20-17(21)13-23-10-6-15(7-11-23)18(24)22-14-19(8-2-1-3-9-19)16-5-4-12-25-16/h4-5,12,15,17H,1-3,6-11,13-14H2,(H,22,24). The Hall–Kier alpha value is -1.01. The Morgan fingerprint density at radius 2 is 2.00 bits per heavy atom. The summed E-state index contributed by atoms with van der Waals surface area (Å²) in [5.41, 5.74) is 0.0957. The maximum Gasteiger partial charge on any atom is 0.251 e. The van der Waals surface area contributed by atoms with Crippen molar-refractivity contribution in [3.05, 3.63) is 22.4 Å². The van der Waals surface area contributed by atoms with Gasteiger partial charge >= 0.3 is 0 Å². The highest BCUT2D eigenvalue weighted by Crippen LogP contribution is 2.41. The Kier molecular flexibility index (Phi) is 6.44. The molecule has 25 heavy (non-hydrogen) atoms. The molecule has 2 fully saturated rings. The number of halogens is 2. The van der Waals surface area contributed by atoms with Crippen molar-refractivity contribution >= 4 is 17.2 Å². The number of likely N-dealkylation sites (tertiary alicyclic amines) is 1. The first kappa shape index (κ1) is 18.8. The summed E-state index contributed by atoms with van der Waals surface area (Å²) in [6.07, 6.45) is 5.09. The summed E-state index contributed by atoms with van der Waals surface area (Å²) in [5, 5.41) is 5.33. The fraction of sp³-hybridized carbons (Fsp3) is 0.737. The minimum absolute atomic E-state index is 0.0297. The lowest BCUT2D eigenvalue weighted by Gasteiger charge is -2.37. The predicted molar refractivity (Wildman–Crippen MR) is 97.3 cm³/mol. The first-order valence-electron chi connectivity index (χ1n) is 9.41. The molecule has 1 aromatic rings. The first-order chi connectivity index (χ1) is 12.1. The predicted octanol–water partition coefficient (Wildman–Crippen LogP) is 4.04. The third-order valence-electron chi connectivity index (χ3n) is 5.81. The third kappa shape index (κ3) is 4.79. The molecule has 0 radical (unpaired) electrons. The van der Waals surface area contributed by atoms with Crippen molar-refractivity contribution in [2.24, 2.45) is 5.92 Å². The van der Waals surface area contributed by atoms with Crippen LogP contribution in [0.4, 0.5) is 8.78 Å². The molecule has 0 atom stereocenters. The van der Waals surface area contributed by atoms with Gasteiger partial charge in [0.1, 0.15) is 0 Å². The van der Waals surface area contributed by atoms with Gasteiger partial charge in [0.05, 0.1) is 6.54 Å². The fourth-order valence-electron chi connectivity index (χ4n) is 4.29. The van der Waals surface area contributed by atoms with Gasteiger partial charge in [-0.3, -0.25) is 9.69 Å². The number of alkyl halides is 2. The Morgan fingerprint density at radius 1 is 1.28 bits per heavy atom.